The van der Waals surface area contributed by atoms with E-state index >= 15 is 0 Å². The molecule has 0 aromatic heterocycles. The van der Waals surface area contributed by atoms with Gasteiger partial charge in [-0.15, -0.1) is 0 Å². The number of fused-ring (bicyclic) bond motifs is 10. The Hall–Kier alpha value is -6.90. The van der Waals surface area contributed by atoms with E-state index < -0.39 is 0 Å². The Morgan fingerprint density at radius 1 is 0.345 bits per heavy atom. The van der Waals surface area contributed by atoms with E-state index in [1.54, 1.807) is 0 Å². The molecule has 0 bridgehead atoms. The van der Waals surface area contributed by atoms with Crippen molar-refractivity contribution in [2.75, 3.05) is 4.90 Å². The first-order valence-electron chi connectivity index (χ1n) is 19.1. The van der Waals surface area contributed by atoms with Crippen LogP contribution in [0.1, 0.15) is 25.0 Å². The summed E-state index contributed by atoms with van der Waals surface area (Å²) in [5.41, 5.74) is 15.3. The molecule has 0 fully saturated rings. The number of anilines is 3. The number of para-hydroxylation sites is 1. The van der Waals surface area contributed by atoms with Crippen LogP contribution >= 0.6 is 0 Å². The van der Waals surface area contributed by atoms with E-state index in [0.717, 1.165) is 45.3 Å². The molecule has 0 N–H and O–H groups in total. The quantitative estimate of drug-likeness (QED) is 0.181. The summed E-state index contributed by atoms with van der Waals surface area (Å²) in [6.07, 6.45) is 0. The van der Waals surface area contributed by atoms with Crippen LogP contribution in [-0.4, -0.2) is 0 Å². The van der Waals surface area contributed by atoms with Gasteiger partial charge in [-0.1, -0.05) is 129 Å². The summed E-state index contributed by atoms with van der Waals surface area (Å²) >= 11 is 0. The van der Waals surface area contributed by atoms with Gasteiger partial charge < -0.3 is 9.64 Å². The monoisotopic (exact) mass is 703 g/mol. The largest absolute Gasteiger partial charge is 0.456 e. The smallest absolute Gasteiger partial charge is 0.137 e. The molecule has 0 atom stereocenters. The summed E-state index contributed by atoms with van der Waals surface area (Å²) in [6.45, 7) is 4.69. The molecule has 1 aliphatic carbocycles. The van der Waals surface area contributed by atoms with Crippen LogP contribution in [0, 0.1) is 0 Å². The van der Waals surface area contributed by atoms with E-state index in [9.17, 15) is 0 Å². The average molecular weight is 704 g/mol. The fraction of sp³-hybridized carbons (Fsp3) is 0.0566. The zero-order valence-corrected chi connectivity index (χ0v) is 30.8. The number of nitrogens with zero attached hydrogens (tertiary/aromatic N) is 1. The normalized spacial score (nSPS) is 13.2. The number of benzene rings is 9. The van der Waals surface area contributed by atoms with Crippen LogP contribution in [0.15, 0.2) is 188 Å². The summed E-state index contributed by atoms with van der Waals surface area (Å²) in [5.74, 6) is 1.68. The molecule has 0 radical (unpaired) electrons. The zero-order valence-electron chi connectivity index (χ0n) is 30.8. The lowest BCUT2D eigenvalue weighted by molar-refractivity contribution is 0.488. The molecular formula is C53H37NO. The summed E-state index contributed by atoms with van der Waals surface area (Å²) in [7, 11) is 0. The third kappa shape index (κ3) is 5.02. The van der Waals surface area contributed by atoms with Crippen molar-refractivity contribution in [2.24, 2.45) is 0 Å². The highest BCUT2D eigenvalue weighted by atomic mass is 16.5. The van der Waals surface area contributed by atoms with Crippen molar-refractivity contribution in [3.63, 3.8) is 0 Å². The van der Waals surface area contributed by atoms with Crippen LogP contribution in [0.4, 0.5) is 17.1 Å². The molecule has 55 heavy (non-hydrogen) atoms. The second kappa shape index (κ2) is 12.1. The van der Waals surface area contributed by atoms with Gasteiger partial charge in [0.1, 0.15) is 11.5 Å². The minimum Gasteiger partial charge on any atom is -0.456 e. The second-order valence-electron chi connectivity index (χ2n) is 15.4. The Morgan fingerprint density at radius 2 is 0.873 bits per heavy atom. The summed E-state index contributed by atoms with van der Waals surface area (Å²) in [4.78, 5) is 2.36. The van der Waals surface area contributed by atoms with E-state index in [-0.39, 0.29) is 5.41 Å². The van der Waals surface area contributed by atoms with Crippen LogP contribution in [0.5, 0.6) is 11.5 Å². The summed E-state index contributed by atoms with van der Waals surface area (Å²) in [5, 5.41) is 4.88. The van der Waals surface area contributed by atoms with Crippen molar-refractivity contribution in [3.05, 3.63) is 199 Å². The predicted octanol–water partition coefficient (Wildman–Crippen LogP) is 14.9. The van der Waals surface area contributed by atoms with Crippen LogP contribution < -0.4 is 9.64 Å². The van der Waals surface area contributed by atoms with Crippen molar-refractivity contribution in [3.8, 4) is 56.0 Å². The molecule has 0 unspecified atom stereocenters. The predicted molar refractivity (Wildman–Crippen MR) is 230 cm³/mol. The van der Waals surface area contributed by atoms with Crippen LogP contribution in [-0.2, 0) is 5.41 Å². The van der Waals surface area contributed by atoms with E-state index in [0.29, 0.717) is 0 Å². The molecular weight excluding hydrogens is 667 g/mol. The minimum absolute atomic E-state index is 0.111. The first kappa shape index (κ1) is 31.6. The minimum atomic E-state index is -0.111. The van der Waals surface area contributed by atoms with Gasteiger partial charge in [-0.25, -0.2) is 0 Å². The van der Waals surface area contributed by atoms with Gasteiger partial charge >= 0.3 is 0 Å². The molecule has 2 aliphatic rings. The van der Waals surface area contributed by atoms with E-state index in [1.807, 2.05) is 0 Å². The van der Waals surface area contributed by atoms with Crippen LogP contribution in [0.25, 0.3) is 66.1 Å². The lowest BCUT2D eigenvalue weighted by Gasteiger charge is -2.28. The molecule has 1 aliphatic heterocycles. The van der Waals surface area contributed by atoms with Gasteiger partial charge in [-0.3, -0.25) is 0 Å². The molecule has 9 aromatic carbocycles. The maximum Gasteiger partial charge on any atom is 0.137 e. The fourth-order valence-electron chi connectivity index (χ4n) is 8.99. The van der Waals surface area contributed by atoms with E-state index in [2.05, 4.69) is 207 Å². The van der Waals surface area contributed by atoms with Gasteiger partial charge in [0.15, 0.2) is 0 Å². The maximum absolute atomic E-state index is 7.15. The van der Waals surface area contributed by atoms with Crippen LogP contribution in [0.2, 0.25) is 0 Å². The Morgan fingerprint density at radius 3 is 1.62 bits per heavy atom. The van der Waals surface area contributed by atoms with Crippen molar-refractivity contribution >= 4 is 38.6 Å². The third-order valence-electron chi connectivity index (χ3n) is 11.8. The first-order chi connectivity index (χ1) is 27.0. The molecule has 0 amide bonds. The lowest BCUT2D eigenvalue weighted by atomic mass is 9.82. The molecule has 11 rings (SSSR count). The molecule has 0 saturated heterocycles. The van der Waals surface area contributed by atoms with Crippen LogP contribution in [0.3, 0.4) is 0 Å². The number of hydrogen-bond acceptors (Lipinski definition) is 2. The fourth-order valence-corrected chi connectivity index (χ4v) is 8.99. The number of hydrogen-bond donors (Lipinski definition) is 0. The number of ether oxygens (including phenoxy) is 1. The summed E-state index contributed by atoms with van der Waals surface area (Å²) in [6, 6.07) is 68.4. The zero-order chi connectivity index (χ0) is 36.7. The van der Waals surface area contributed by atoms with Gasteiger partial charge in [0, 0.05) is 39.7 Å². The molecule has 2 nitrogen and oxygen atoms in total. The van der Waals surface area contributed by atoms with Gasteiger partial charge in [0.2, 0.25) is 0 Å². The van der Waals surface area contributed by atoms with Gasteiger partial charge in [-0.05, 0) is 133 Å². The van der Waals surface area contributed by atoms with Gasteiger partial charge in [-0.2, -0.15) is 0 Å². The molecule has 0 spiro atoms. The Bertz CT molecular complexity index is 2990. The molecule has 0 saturated carbocycles. The molecule has 9 aromatic rings. The van der Waals surface area contributed by atoms with Gasteiger partial charge in [0.25, 0.3) is 0 Å². The molecule has 260 valence electrons. The van der Waals surface area contributed by atoms with Crippen molar-refractivity contribution < 1.29 is 4.74 Å². The first-order valence-corrected chi connectivity index (χ1v) is 19.1. The van der Waals surface area contributed by atoms with E-state index in [1.165, 1.54) is 60.5 Å². The highest BCUT2D eigenvalue weighted by Crippen LogP contribution is 2.53. The Kier molecular flexibility index (Phi) is 6.93. The molecule has 1 heterocycles. The number of rotatable bonds is 4. The Balaban J connectivity index is 1.09. The van der Waals surface area contributed by atoms with E-state index in [4.69, 9.17) is 4.74 Å². The standard InChI is InChI=1S/C53H37NO/c1-53(2)49-19-11-10-18-43(49)44-26-23-41(32-50(44)53)54(40-16-4-3-5-17-40)42-24-27-46-48-30-37-15-9-8-14-36(37)29-47(48)45-25-22-39(31-51(45)55-52(46)33-42)38-21-20-34-12-6-7-13-35(34)28-38/h3-33H,1-2H3. The highest BCUT2D eigenvalue weighted by molar-refractivity contribution is 6.01. The highest BCUT2D eigenvalue weighted by Gasteiger charge is 2.36. The average Bonchev–Trinajstić information content (AvgIpc) is 3.37. The second-order valence-corrected chi connectivity index (χ2v) is 15.4. The SMILES string of the molecule is CC1(C)c2ccccc2-c2ccc(N(c3ccccc3)c3ccc4c(c3)Oc3cc(-c5ccc6ccccc6c5)ccc3-c3cc5ccccc5cc3-4)cc21. The third-order valence-corrected chi connectivity index (χ3v) is 11.8. The van der Waals surface area contributed by atoms with Crippen molar-refractivity contribution in [2.45, 2.75) is 19.3 Å². The van der Waals surface area contributed by atoms with Crippen molar-refractivity contribution in [1.82, 2.24) is 0 Å². The summed E-state index contributed by atoms with van der Waals surface area (Å²) < 4.78 is 7.15. The lowest BCUT2D eigenvalue weighted by Crippen LogP contribution is -2.16. The van der Waals surface area contributed by atoms with Crippen molar-refractivity contribution in [1.29, 1.82) is 0 Å². The van der Waals surface area contributed by atoms with Gasteiger partial charge in [0.05, 0.1) is 0 Å². The molecule has 2 heteroatoms. The Labute approximate surface area is 321 Å². The maximum atomic E-state index is 7.15. The topological polar surface area (TPSA) is 12.5 Å².